The Labute approximate surface area is 167 Å². The van der Waals surface area contributed by atoms with Crippen molar-refractivity contribution in [2.45, 2.75) is 13.8 Å². The number of allylic oxidation sites excluding steroid dienone is 1. The zero-order valence-corrected chi connectivity index (χ0v) is 15.9. The number of carbonyl (C=O) groups is 2. The third-order valence-corrected chi connectivity index (χ3v) is 4.65. The third kappa shape index (κ3) is 3.94. The van der Waals surface area contributed by atoms with E-state index in [1.54, 1.807) is 10.6 Å². The van der Waals surface area contributed by atoms with Crippen LogP contribution in [-0.2, 0) is 0 Å². The number of aromatic carboxylic acids is 2. The highest BCUT2D eigenvalue weighted by molar-refractivity contribution is 5.95. The predicted octanol–water partition coefficient (Wildman–Crippen LogP) is 4.55. The zero-order valence-electron chi connectivity index (χ0n) is 15.9. The van der Waals surface area contributed by atoms with Gasteiger partial charge in [0, 0.05) is 17.1 Å². The van der Waals surface area contributed by atoms with Gasteiger partial charge >= 0.3 is 11.9 Å². The molecule has 1 heterocycles. The van der Waals surface area contributed by atoms with E-state index < -0.39 is 11.9 Å². The maximum absolute atomic E-state index is 11.4. The smallest absolute Gasteiger partial charge is 0.335 e. The first kappa shape index (κ1) is 19.6. The van der Waals surface area contributed by atoms with Crippen molar-refractivity contribution < 1.29 is 19.8 Å². The maximum Gasteiger partial charge on any atom is 0.335 e. The van der Waals surface area contributed by atoms with Gasteiger partial charge in [0.25, 0.3) is 0 Å². The molecule has 3 rings (SSSR count). The van der Waals surface area contributed by atoms with Crippen molar-refractivity contribution in [2.24, 2.45) is 0 Å². The monoisotopic (exact) mass is 386 g/mol. The molecule has 6 heteroatoms. The average molecular weight is 386 g/mol. The summed E-state index contributed by atoms with van der Waals surface area (Å²) in [6.07, 6.45) is 1.77. The third-order valence-electron chi connectivity index (χ3n) is 4.65. The molecule has 0 aliphatic rings. The van der Waals surface area contributed by atoms with Gasteiger partial charge in [0.1, 0.15) is 0 Å². The van der Waals surface area contributed by atoms with Gasteiger partial charge in [-0.15, -0.1) is 0 Å². The molecule has 0 aliphatic heterocycles. The van der Waals surface area contributed by atoms with E-state index in [-0.39, 0.29) is 11.1 Å². The van der Waals surface area contributed by atoms with Crippen LogP contribution >= 0.6 is 0 Å². The van der Waals surface area contributed by atoms with Crippen molar-refractivity contribution in [3.8, 4) is 11.8 Å². The van der Waals surface area contributed by atoms with Crippen LogP contribution in [0.1, 0.15) is 43.2 Å². The summed E-state index contributed by atoms with van der Waals surface area (Å²) in [5, 5.41) is 28.2. The van der Waals surface area contributed by atoms with Crippen molar-refractivity contribution in [2.75, 3.05) is 0 Å². The number of carboxylic acid groups (broad SMARTS) is 2. The molecular formula is C23H18N2O4. The first-order valence-electron chi connectivity index (χ1n) is 8.80. The number of aromatic nitrogens is 1. The van der Waals surface area contributed by atoms with Crippen LogP contribution < -0.4 is 0 Å². The van der Waals surface area contributed by atoms with Gasteiger partial charge in [-0.2, -0.15) is 5.26 Å². The Morgan fingerprint density at radius 2 is 1.52 bits per heavy atom. The van der Waals surface area contributed by atoms with E-state index in [4.69, 9.17) is 0 Å². The lowest BCUT2D eigenvalue weighted by atomic mass is 10.0. The van der Waals surface area contributed by atoms with Crippen LogP contribution in [0.25, 0.3) is 17.3 Å². The molecule has 1 aromatic heterocycles. The summed E-state index contributed by atoms with van der Waals surface area (Å²) in [6, 6.07) is 17.4. The molecule has 2 aromatic carbocycles. The van der Waals surface area contributed by atoms with Crippen LogP contribution in [0.4, 0.5) is 0 Å². The fourth-order valence-corrected chi connectivity index (χ4v) is 3.27. The molecule has 0 saturated heterocycles. The molecule has 0 atom stereocenters. The minimum absolute atomic E-state index is 0.105. The van der Waals surface area contributed by atoms with Crippen LogP contribution in [0.3, 0.4) is 0 Å². The number of aryl methyl sites for hydroxylation is 1. The van der Waals surface area contributed by atoms with Crippen LogP contribution in [0.2, 0.25) is 0 Å². The Hall–Kier alpha value is -4.11. The summed E-state index contributed by atoms with van der Waals surface area (Å²) >= 11 is 0. The second-order valence-electron chi connectivity index (χ2n) is 6.58. The number of carboxylic acids is 2. The van der Waals surface area contributed by atoms with Gasteiger partial charge in [0.2, 0.25) is 0 Å². The van der Waals surface area contributed by atoms with Crippen LogP contribution in [-0.4, -0.2) is 26.7 Å². The molecule has 6 nitrogen and oxygen atoms in total. The number of nitriles is 1. The molecule has 0 unspecified atom stereocenters. The number of nitrogens with zero attached hydrogens (tertiary/aromatic N) is 2. The number of hydrogen-bond acceptors (Lipinski definition) is 3. The molecule has 0 fully saturated rings. The lowest BCUT2D eigenvalue weighted by molar-refractivity contribution is 0.0696. The van der Waals surface area contributed by atoms with E-state index in [0.717, 1.165) is 28.6 Å². The lowest BCUT2D eigenvalue weighted by Gasteiger charge is -2.12. The molecule has 0 aliphatic carbocycles. The molecular weight excluding hydrogens is 368 g/mol. The maximum atomic E-state index is 11.4. The second kappa shape index (κ2) is 7.87. The highest BCUT2D eigenvalue weighted by atomic mass is 16.4. The van der Waals surface area contributed by atoms with E-state index in [0.29, 0.717) is 11.3 Å². The summed E-state index contributed by atoms with van der Waals surface area (Å²) in [7, 11) is 0. The van der Waals surface area contributed by atoms with E-state index >= 15 is 0 Å². The summed E-state index contributed by atoms with van der Waals surface area (Å²) in [4.78, 5) is 22.9. The Kier molecular flexibility index (Phi) is 5.33. The Morgan fingerprint density at radius 3 is 2.03 bits per heavy atom. The molecule has 3 aromatic rings. The van der Waals surface area contributed by atoms with E-state index in [1.807, 2.05) is 50.2 Å². The molecule has 29 heavy (non-hydrogen) atoms. The zero-order chi connectivity index (χ0) is 21.1. The largest absolute Gasteiger partial charge is 0.478 e. The average Bonchev–Trinajstić information content (AvgIpc) is 2.99. The standard InChI is InChI=1S/C23H18N2O4/c1-14-8-17(9-20(13-24)16-6-4-3-5-7-16)15(2)25(14)21-11-18(22(26)27)10-19(12-21)23(28)29/h3-12H,1-2H3,(H,26,27)(H,28,29)/b20-9+. The lowest BCUT2D eigenvalue weighted by Crippen LogP contribution is -2.07. The van der Waals surface area contributed by atoms with Gasteiger partial charge in [0.05, 0.1) is 22.8 Å². The van der Waals surface area contributed by atoms with Crippen LogP contribution in [0, 0.1) is 25.2 Å². The van der Waals surface area contributed by atoms with Gasteiger partial charge in [0.15, 0.2) is 0 Å². The van der Waals surface area contributed by atoms with Gasteiger partial charge in [-0.3, -0.25) is 0 Å². The van der Waals surface area contributed by atoms with Crippen LogP contribution in [0.5, 0.6) is 0 Å². The van der Waals surface area contributed by atoms with Crippen molar-refractivity contribution in [1.29, 1.82) is 5.26 Å². The summed E-state index contributed by atoms with van der Waals surface area (Å²) in [5.74, 6) is -2.40. The van der Waals surface area contributed by atoms with Crippen molar-refractivity contribution >= 4 is 23.6 Å². The Balaban J connectivity index is 2.16. The normalized spacial score (nSPS) is 11.1. The minimum Gasteiger partial charge on any atom is -0.478 e. The fraction of sp³-hybridized carbons (Fsp3) is 0.0870. The van der Waals surface area contributed by atoms with Crippen molar-refractivity contribution in [3.05, 3.63) is 88.2 Å². The number of rotatable bonds is 5. The molecule has 144 valence electrons. The molecule has 0 saturated carbocycles. The topological polar surface area (TPSA) is 103 Å². The number of hydrogen-bond donors (Lipinski definition) is 2. The molecule has 0 bridgehead atoms. The summed E-state index contributed by atoms with van der Waals surface area (Å²) < 4.78 is 1.78. The van der Waals surface area contributed by atoms with Crippen molar-refractivity contribution in [3.63, 3.8) is 0 Å². The highest BCUT2D eigenvalue weighted by Gasteiger charge is 2.16. The van der Waals surface area contributed by atoms with Gasteiger partial charge in [-0.1, -0.05) is 30.3 Å². The first-order valence-corrected chi connectivity index (χ1v) is 8.80. The van der Waals surface area contributed by atoms with E-state index in [2.05, 4.69) is 6.07 Å². The Bertz CT molecular complexity index is 1150. The van der Waals surface area contributed by atoms with Gasteiger partial charge < -0.3 is 14.8 Å². The van der Waals surface area contributed by atoms with Crippen molar-refractivity contribution in [1.82, 2.24) is 4.57 Å². The minimum atomic E-state index is -1.20. The van der Waals surface area contributed by atoms with E-state index in [9.17, 15) is 25.1 Å². The summed E-state index contributed by atoms with van der Waals surface area (Å²) in [5.41, 5.74) is 3.87. The van der Waals surface area contributed by atoms with Gasteiger partial charge in [-0.05, 0) is 55.3 Å². The van der Waals surface area contributed by atoms with E-state index in [1.165, 1.54) is 12.1 Å². The summed E-state index contributed by atoms with van der Waals surface area (Å²) in [6.45, 7) is 3.68. The molecule has 2 N–H and O–H groups in total. The fourth-order valence-electron chi connectivity index (χ4n) is 3.27. The highest BCUT2D eigenvalue weighted by Crippen LogP contribution is 2.26. The molecule has 0 amide bonds. The molecule has 0 radical (unpaired) electrons. The number of benzene rings is 2. The van der Waals surface area contributed by atoms with Gasteiger partial charge in [-0.25, -0.2) is 9.59 Å². The Morgan fingerprint density at radius 1 is 0.931 bits per heavy atom. The van der Waals surface area contributed by atoms with Crippen LogP contribution in [0.15, 0.2) is 54.6 Å². The second-order valence-corrected chi connectivity index (χ2v) is 6.58. The predicted molar refractivity (Wildman–Crippen MR) is 109 cm³/mol. The quantitative estimate of drug-likeness (QED) is 0.626. The first-order chi connectivity index (χ1) is 13.8. The SMILES string of the molecule is Cc1cc(/C=C(\C#N)c2ccccc2)c(C)n1-c1cc(C(=O)O)cc(C(=O)O)c1. The molecule has 0 spiro atoms.